The molecule has 0 unspecified atom stereocenters. The highest BCUT2D eigenvalue weighted by Gasteiger charge is 2.31. The highest BCUT2D eigenvalue weighted by Crippen LogP contribution is 2.28. The van der Waals surface area contributed by atoms with Crippen molar-refractivity contribution in [3.05, 3.63) is 63.2 Å². The van der Waals surface area contributed by atoms with Crippen LogP contribution in [0.1, 0.15) is 30.6 Å². The summed E-state index contributed by atoms with van der Waals surface area (Å²) in [7, 11) is -3.69. The number of rotatable bonds is 7. The Morgan fingerprint density at radius 1 is 1.15 bits per heavy atom. The zero-order valence-electron chi connectivity index (χ0n) is 18.6. The second-order valence-corrected chi connectivity index (χ2v) is 10.7. The van der Waals surface area contributed by atoms with Crippen molar-refractivity contribution in [3.63, 3.8) is 0 Å². The van der Waals surface area contributed by atoms with Gasteiger partial charge in [-0.05, 0) is 48.6 Å². The van der Waals surface area contributed by atoms with Crippen molar-refractivity contribution < 1.29 is 27.7 Å². The number of nitrogens with zero attached hydrogens (tertiary/aromatic N) is 2. The van der Waals surface area contributed by atoms with E-state index in [1.165, 1.54) is 40.7 Å². The Morgan fingerprint density at radius 3 is 2.35 bits per heavy atom. The lowest BCUT2D eigenvalue weighted by Gasteiger charge is -2.34. The maximum absolute atomic E-state index is 12.9. The van der Waals surface area contributed by atoms with E-state index in [0.29, 0.717) is 13.1 Å². The van der Waals surface area contributed by atoms with E-state index >= 15 is 0 Å². The van der Waals surface area contributed by atoms with Crippen LogP contribution in [-0.2, 0) is 19.6 Å². The first kappa shape index (κ1) is 25.6. The lowest BCUT2D eigenvalue weighted by atomic mass is 9.94. The number of hydrogen-bond acceptors (Lipinski definition) is 7. The average Bonchev–Trinajstić information content (AvgIpc) is 2.78. The molecule has 0 aromatic heterocycles. The first-order valence-electron chi connectivity index (χ1n) is 10.5. The molecular formula is C22H24ClN3O7S. The van der Waals surface area contributed by atoms with E-state index < -0.39 is 33.4 Å². The summed E-state index contributed by atoms with van der Waals surface area (Å²) >= 11 is 5.93. The monoisotopic (exact) mass is 509 g/mol. The minimum absolute atomic E-state index is 0.00725. The summed E-state index contributed by atoms with van der Waals surface area (Å²) < 4.78 is 32.3. The van der Waals surface area contributed by atoms with Gasteiger partial charge in [0.05, 0.1) is 26.1 Å². The molecule has 2 aromatic rings. The number of non-ortho nitro benzene ring substituents is 1. The van der Waals surface area contributed by atoms with Gasteiger partial charge in [0, 0.05) is 25.2 Å². The third-order valence-electron chi connectivity index (χ3n) is 5.33. The van der Waals surface area contributed by atoms with Crippen LogP contribution in [-0.4, -0.2) is 49.2 Å². The maximum atomic E-state index is 12.9. The summed E-state index contributed by atoms with van der Waals surface area (Å²) in [5, 5.41) is 13.3. The number of carbonyl (C=O) groups is 2. The zero-order chi connectivity index (χ0) is 25.0. The average molecular weight is 510 g/mol. The maximum Gasteiger partial charge on any atom is 0.338 e. The number of esters is 1. The minimum atomic E-state index is -3.69. The molecule has 1 amide bonds. The quantitative estimate of drug-likeness (QED) is 0.341. The molecule has 10 nitrogen and oxygen atoms in total. The molecule has 1 aliphatic heterocycles. The van der Waals surface area contributed by atoms with Crippen molar-refractivity contribution in [1.82, 2.24) is 4.31 Å². The number of ether oxygens (including phenoxy) is 1. The van der Waals surface area contributed by atoms with Gasteiger partial charge in [0.25, 0.3) is 11.6 Å². The van der Waals surface area contributed by atoms with Crippen LogP contribution in [0.25, 0.3) is 0 Å². The Hall–Kier alpha value is -3.02. The molecule has 1 heterocycles. The Labute approximate surface area is 202 Å². The van der Waals surface area contributed by atoms with Crippen molar-refractivity contribution in [2.24, 2.45) is 11.8 Å². The summed E-state index contributed by atoms with van der Waals surface area (Å²) in [6.45, 7) is 4.25. The summed E-state index contributed by atoms with van der Waals surface area (Å²) in [5.74, 6) is -1.06. The third-order valence-corrected chi connectivity index (χ3v) is 7.51. The highest BCUT2D eigenvalue weighted by molar-refractivity contribution is 7.89. The molecule has 0 saturated carbocycles. The fraction of sp³-hybridized carbons (Fsp3) is 0.364. The SMILES string of the molecule is C[C@@H]1C[C@H](C)CN(S(=O)(=O)c2ccc(C(=O)OCC(=O)Nc3cc([N+](=O)[O-])ccc3Cl)cc2)C1. The van der Waals surface area contributed by atoms with E-state index in [1.54, 1.807) is 0 Å². The normalized spacial score (nSPS) is 18.8. The topological polar surface area (TPSA) is 136 Å². The van der Waals surface area contributed by atoms with E-state index in [9.17, 15) is 28.1 Å². The molecule has 1 aliphatic rings. The van der Waals surface area contributed by atoms with E-state index in [-0.39, 0.29) is 38.7 Å². The van der Waals surface area contributed by atoms with Gasteiger partial charge in [-0.2, -0.15) is 4.31 Å². The molecule has 1 saturated heterocycles. The van der Waals surface area contributed by atoms with Crippen LogP contribution < -0.4 is 5.32 Å². The van der Waals surface area contributed by atoms with Crippen molar-refractivity contribution in [2.75, 3.05) is 25.0 Å². The van der Waals surface area contributed by atoms with Gasteiger partial charge in [-0.25, -0.2) is 13.2 Å². The van der Waals surface area contributed by atoms with Crippen molar-refractivity contribution >= 4 is 44.9 Å². The molecule has 34 heavy (non-hydrogen) atoms. The van der Waals surface area contributed by atoms with Crippen LogP contribution in [0.4, 0.5) is 11.4 Å². The first-order valence-corrected chi connectivity index (χ1v) is 12.3. The van der Waals surface area contributed by atoms with Crippen LogP contribution in [0.3, 0.4) is 0 Å². The van der Waals surface area contributed by atoms with Gasteiger partial charge < -0.3 is 10.1 Å². The van der Waals surface area contributed by atoms with E-state index in [4.69, 9.17) is 16.3 Å². The summed E-state index contributed by atoms with van der Waals surface area (Å²) in [4.78, 5) is 34.7. The number of nitrogens with one attached hydrogen (secondary N) is 1. The predicted molar refractivity (Wildman–Crippen MR) is 125 cm³/mol. The number of piperidine rings is 1. The van der Waals surface area contributed by atoms with Crippen molar-refractivity contribution in [2.45, 2.75) is 25.2 Å². The number of anilines is 1. The number of hydrogen-bond donors (Lipinski definition) is 1. The van der Waals surface area contributed by atoms with Gasteiger partial charge in [-0.1, -0.05) is 25.4 Å². The van der Waals surface area contributed by atoms with Gasteiger partial charge >= 0.3 is 5.97 Å². The minimum Gasteiger partial charge on any atom is -0.452 e. The van der Waals surface area contributed by atoms with Gasteiger partial charge in [-0.15, -0.1) is 0 Å². The Morgan fingerprint density at radius 2 is 1.76 bits per heavy atom. The fourth-order valence-corrected chi connectivity index (χ4v) is 5.68. The fourth-order valence-electron chi connectivity index (χ4n) is 3.84. The third kappa shape index (κ3) is 6.10. The van der Waals surface area contributed by atoms with Gasteiger partial charge in [-0.3, -0.25) is 14.9 Å². The largest absolute Gasteiger partial charge is 0.452 e. The van der Waals surface area contributed by atoms with E-state index in [0.717, 1.165) is 12.5 Å². The molecule has 2 aromatic carbocycles. The second kappa shape index (κ2) is 10.5. The zero-order valence-corrected chi connectivity index (χ0v) is 20.1. The molecular weight excluding hydrogens is 486 g/mol. The van der Waals surface area contributed by atoms with Crippen molar-refractivity contribution in [3.8, 4) is 0 Å². The molecule has 1 N–H and O–H groups in total. The number of benzene rings is 2. The molecule has 0 spiro atoms. The number of nitro benzene ring substituents is 1. The van der Waals surface area contributed by atoms with Gasteiger partial charge in [0.15, 0.2) is 6.61 Å². The Bertz CT molecular complexity index is 1190. The molecule has 182 valence electrons. The Kier molecular flexibility index (Phi) is 7.90. The lowest BCUT2D eigenvalue weighted by Crippen LogP contribution is -2.42. The number of sulfonamides is 1. The number of carbonyl (C=O) groups excluding carboxylic acids is 2. The second-order valence-electron chi connectivity index (χ2n) is 8.34. The number of nitro groups is 1. The highest BCUT2D eigenvalue weighted by atomic mass is 35.5. The molecule has 3 rings (SSSR count). The standard InChI is InChI=1S/C22H24ClN3O7S/c1-14-9-15(2)12-25(11-14)34(31,32)18-6-3-16(4-7-18)22(28)33-13-21(27)24-20-10-17(26(29)30)5-8-19(20)23/h3-8,10,14-15H,9,11-13H2,1-2H3,(H,24,27)/t14-,15+. The molecule has 12 heteroatoms. The number of halogens is 1. The van der Waals surface area contributed by atoms with E-state index in [1.807, 2.05) is 13.8 Å². The number of amides is 1. The van der Waals surface area contributed by atoms with Crippen LogP contribution in [0.15, 0.2) is 47.4 Å². The summed E-state index contributed by atoms with van der Waals surface area (Å²) in [5.41, 5.74) is -0.187. The molecule has 1 fully saturated rings. The lowest BCUT2D eigenvalue weighted by molar-refractivity contribution is -0.384. The van der Waals surface area contributed by atoms with Crippen LogP contribution in [0.2, 0.25) is 5.02 Å². The molecule has 0 bridgehead atoms. The Balaban J connectivity index is 1.60. The van der Waals surface area contributed by atoms with Gasteiger partial charge in [0.1, 0.15) is 0 Å². The van der Waals surface area contributed by atoms with Crippen LogP contribution in [0, 0.1) is 22.0 Å². The van der Waals surface area contributed by atoms with Crippen LogP contribution >= 0.6 is 11.6 Å². The first-order chi connectivity index (χ1) is 16.0. The smallest absolute Gasteiger partial charge is 0.338 e. The summed E-state index contributed by atoms with van der Waals surface area (Å²) in [6, 6.07) is 8.85. The molecule has 0 aliphatic carbocycles. The van der Waals surface area contributed by atoms with Gasteiger partial charge in [0.2, 0.25) is 10.0 Å². The molecule has 0 radical (unpaired) electrons. The molecule has 2 atom stereocenters. The summed E-state index contributed by atoms with van der Waals surface area (Å²) in [6.07, 6.45) is 0.970. The van der Waals surface area contributed by atoms with Crippen LogP contribution in [0.5, 0.6) is 0 Å². The van der Waals surface area contributed by atoms with E-state index in [2.05, 4.69) is 5.32 Å². The van der Waals surface area contributed by atoms with Crippen molar-refractivity contribution in [1.29, 1.82) is 0 Å². The predicted octanol–water partition coefficient (Wildman–Crippen LogP) is 3.71.